The van der Waals surface area contributed by atoms with Crippen LogP contribution in [0.15, 0.2) is 5.16 Å². The van der Waals surface area contributed by atoms with Crippen molar-refractivity contribution < 1.29 is 5.21 Å². The van der Waals surface area contributed by atoms with E-state index < -0.39 is 0 Å². The predicted octanol–water partition coefficient (Wildman–Crippen LogP) is 0.750. The minimum Gasteiger partial charge on any atom is -0.410 e. The van der Waals surface area contributed by atoms with Gasteiger partial charge in [-0.25, -0.2) is 0 Å². The quantitative estimate of drug-likeness (QED) is 0.307. The van der Waals surface area contributed by atoms with Crippen LogP contribution in [0.2, 0.25) is 0 Å². The lowest BCUT2D eigenvalue weighted by Crippen LogP contribution is -1.94. The maximum Gasteiger partial charge on any atom is 0.159 e. The first-order valence-corrected chi connectivity index (χ1v) is 2.50. The minimum absolute atomic E-state index is 0.269. The van der Waals surface area contributed by atoms with Gasteiger partial charge < -0.3 is 5.21 Å². The summed E-state index contributed by atoms with van der Waals surface area (Å²) in [6, 6.07) is 1.81. The van der Waals surface area contributed by atoms with Crippen LogP contribution < -0.4 is 0 Å². The maximum absolute atomic E-state index is 8.20. The summed E-state index contributed by atoms with van der Waals surface area (Å²) in [6.07, 6.45) is 2.01. The van der Waals surface area contributed by atoms with Crippen molar-refractivity contribution in [2.45, 2.75) is 12.8 Å². The molecule has 3 heteroatoms. The van der Waals surface area contributed by atoms with Crippen LogP contribution in [0.5, 0.6) is 0 Å². The van der Waals surface area contributed by atoms with Crippen molar-refractivity contribution in [1.29, 1.82) is 5.26 Å². The van der Waals surface area contributed by atoms with Gasteiger partial charge in [0.2, 0.25) is 0 Å². The lowest BCUT2D eigenvalue weighted by Gasteiger charge is -1.81. The van der Waals surface area contributed by atoms with E-state index in [1.807, 2.05) is 6.07 Å². The zero-order chi connectivity index (χ0) is 5.98. The first-order valence-electron chi connectivity index (χ1n) is 2.50. The summed E-state index contributed by atoms with van der Waals surface area (Å²) in [5.74, 6) is 0.269. The van der Waals surface area contributed by atoms with Gasteiger partial charge in [-0.05, 0) is 12.8 Å². The molecule has 0 unspecified atom stereocenters. The van der Waals surface area contributed by atoms with E-state index in [1.165, 1.54) is 0 Å². The largest absolute Gasteiger partial charge is 0.410 e. The van der Waals surface area contributed by atoms with E-state index in [-0.39, 0.29) is 11.6 Å². The van der Waals surface area contributed by atoms with Crippen LogP contribution in [-0.2, 0) is 0 Å². The first-order chi connectivity index (χ1) is 3.88. The van der Waals surface area contributed by atoms with Crippen molar-refractivity contribution >= 4 is 5.71 Å². The van der Waals surface area contributed by atoms with Crippen LogP contribution >= 0.6 is 0 Å². The Morgan fingerprint density at radius 1 is 1.75 bits per heavy atom. The topological polar surface area (TPSA) is 56.4 Å². The second-order valence-electron chi connectivity index (χ2n) is 1.87. The normalized spacial score (nSPS) is 20.1. The average Bonchev–Trinajstić information content (AvgIpc) is 2.53. The highest BCUT2D eigenvalue weighted by atomic mass is 16.4. The fourth-order valence-electron chi connectivity index (χ4n) is 0.552. The Hall–Kier alpha value is -1.04. The summed E-state index contributed by atoms with van der Waals surface area (Å²) in [6.45, 7) is 0. The molecule has 1 rings (SSSR count). The summed E-state index contributed by atoms with van der Waals surface area (Å²) in [4.78, 5) is 0. The van der Waals surface area contributed by atoms with E-state index in [2.05, 4.69) is 5.16 Å². The van der Waals surface area contributed by atoms with E-state index in [1.54, 1.807) is 0 Å². The number of hydrogen-bond donors (Lipinski definition) is 1. The summed E-state index contributed by atoms with van der Waals surface area (Å²) < 4.78 is 0. The maximum atomic E-state index is 8.20. The van der Waals surface area contributed by atoms with Crippen LogP contribution in [0.3, 0.4) is 0 Å². The van der Waals surface area contributed by atoms with Gasteiger partial charge >= 0.3 is 0 Å². The van der Waals surface area contributed by atoms with Crippen LogP contribution in [0.4, 0.5) is 0 Å². The molecule has 1 saturated carbocycles. The van der Waals surface area contributed by atoms with Crippen molar-refractivity contribution in [2.75, 3.05) is 0 Å². The molecule has 1 N–H and O–H groups in total. The van der Waals surface area contributed by atoms with E-state index in [4.69, 9.17) is 10.5 Å². The molecule has 1 aliphatic rings. The number of nitriles is 1. The SMILES string of the molecule is N#CC(=NO)C1CC1. The highest BCUT2D eigenvalue weighted by Gasteiger charge is 2.27. The van der Waals surface area contributed by atoms with Gasteiger partial charge in [0.1, 0.15) is 6.07 Å². The monoisotopic (exact) mass is 110 g/mol. The van der Waals surface area contributed by atoms with Crippen LogP contribution in [0, 0.1) is 17.2 Å². The van der Waals surface area contributed by atoms with Crippen molar-refractivity contribution in [3.05, 3.63) is 0 Å². The third kappa shape index (κ3) is 0.784. The molecule has 0 saturated heterocycles. The Bertz CT molecular complexity index is 152. The van der Waals surface area contributed by atoms with Gasteiger partial charge in [-0.2, -0.15) is 5.26 Å². The van der Waals surface area contributed by atoms with Gasteiger partial charge in [-0.15, -0.1) is 0 Å². The predicted molar refractivity (Wildman–Crippen MR) is 27.6 cm³/mol. The molecule has 0 aliphatic heterocycles. The third-order valence-electron chi connectivity index (χ3n) is 1.19. The molecule has 8 heavy (non-hydrogen) atoms. The summed E-state index contributed by atoms with van der Waals surface area (Å²) in [5.41, 5.74) is 0.282. The first kappa shape index (κ1) is 5.10. The molecule has 3 nitrogen and oxygen atoms in total. The van der Waals surface area contributed by atoms with Gasteiger partial charge in [0.25, 0.3) is 0 Å². The number of oxime groups is 1. The molecule has 0 aromatic carbocycles. The lowest BCUT2D eigenvalue weighted by atomic mass is 10.3. The molecule has 1 fully saturated rings. The fourth-order valence-corrected chi connectivity index (χ4v) is 0.552. The third-order valence-corrected chi connectivity index (χ3v) is 1.19. The molecule has 0 aromatic heterocycles. The van der Waals surface area contributed by atoms with Crippen molar-refractivity contribution in [2.24, 2.45) is 11.1 Å². The molecule has 0 atom stereocenters. The molecular formula is C5H6N2O. The summed E-state index contributed by atoms with van der Waals surface area (Å²) in [7, 11) is 0. The Labute approximate surface area is 47.2 Å². The summed E-state index contributed by atoms with van der Waals surface area (Å²) in [5, 5.41) is 19.1. The molecule has 0 amide bonds. The lowest BCUT2D eigenvalue weighted by molar-refractivity contribution is 0.318. The molecule has 0 bridgehead atoms. The minimum atomic E-state index is 0.269. The summed E-state index contributed by atoms with van der Waals surface area (Å²) >= 11 is 0. The number of nitrogens with zero attached hydrogens (tertiary/aromatic N) is 2. The van der Waals surface area contributed by atoms with Gasteiger partial charge in [0, 0.05) is 5.92 Å². The Kier molecular flexibility index (Phi) is 1.17. The van der Waals surface area contributed by atoms with E-state index in [0.717, 1.165) is 12.8 Å². The zero-order valence-electron chi connectivity index (χ0n) is 4.33. The molecule has 0 aromatic rings. The smallest absolute Gasteiger partial charge is 0.159 e. The van der Waals surface area contributed by atoms with E-state index >= 15 is 0 Å². The van der Waals surface area contributed by atoms with Gasteiger partial charge in [0.05, 0.1) is 0 Å². The van der Waals surface area contributed by atoms with Crippen LogP contribution in [0.1, 0.15) is 12.8 Å². The van der Waals surface area contributed by atoms with Crippen LogP contribution in [0.25, 0.3) is 0 Å². The molecular weight excluding hydrogens is 104 g/mol. The van der Waals surface area contributed by atoms with Gasteiger partial charge in [-0.3, -0.25) is 0 Å². The van der Waals surface area contributed by atoms with Crippen molar-refractivity contribution in [1.82, 2.24) is 0 Å². The molecule has 0 radical (unpaired) electrons. The fraction of sp³-hybridized carbons (Fsp3) is 0.600. The molecule has 1 aliphatic carbocycles. The number of rotatable bonds is 1. The van der Waals surface area contributed by atoms with Gasteiger partial charge in [-0.1, -0.05) is 5.16 Å². The Balaban J connectivity index is 2.53. The Morgan fingerprint density at radius 3 is 2.50 bits per heavy atom. The zero-order valence-corrected chi connectivity index (χ0v) is 4.33. The Morgan fingerprint density at radius 2 is 2.38 bits per heavy atom. The number of hydrogen-bond acceptors (Lipinski definition) is 3. The highest BCUT2D eigenvalue weighted by Crippen LogP contribution is 2.29. The van der Waals surface area contributed by atoms with Crippen molar-refractivity contribution in [3.8, 4) is 6.07 Å². The second kappa shape index (κ2) is 1.83. The molecule has 0 heterocycles. The average molecular weight is 110 g/mol. The van der Waals surface area contributed by atoms with Crippen molar-refractivity contribution in [3.63, 3.8) is 0 Å². The van der Waals surface area contributed by atoms with E-state index in [9.17, 15) is 0 Å². The highest BCUT2D eigenvalue weighted by molar-refractivity contribution is 6.01. The van der Waals surface area contributed by atoms with E-state index in [0.29, 0.717) is 0 Å². The van der Waals surface area contributed by atoms with Gasteiger partial charge in [0.15, 0.2) is 5.71 Å². The molecule has 42 valence electrons. The van der Waals surface area contributed by atoms with Crippen LogP contribution in [-0.4, -0.2) is 10.9 Å². The second-order valence-corrected chi connectivity index (χ2v) is 1.87. The molecule has 0 spiro atoms. The standard InChI is InChI=1S/C5H6N2O/c6-3-5(7-8)4-1-2-4/h4,8H,1-2H2.